The van der Waals surface area contributed by atoms with E-state index in [4.69, 9.17) is 0 Å². The van der Waals surface area contributed by atoms with Crippen LogP contribution in [0.3, 0.4) is 0 Å². The van der Waals surface area contributed by atoms with E-state index in [-0.39, 0.29) is 16.9 Å². The molecule has 0 radical (unpaired) electrons. The SMILES string of the molecule is O=C(Cc1cc(F)cc(Br)c1)C1CCCS1. The maximum atomic E-state index is 13.1. The number of hydrogen-bond acceptors (Lipinski definition) is 2. The van der Waals surface area contributed by atoms with Gasteiger partial charge in [-0.05, 0) is 42.4 Å². The Labute approximate surface area is 107 Å². The highest BCUT2D eigenvalue weighted by Crippen LogP contribution is 2.28. The third-order valence-corrected chi connectivity index (χ3v) is 4.47. The van der Waals surface area contributed by atoms with Gasteiger partial charge in [0.1, 0.15) is 11.6 Å². The van der Waals surface area contributed by atoms with Crippen LogP contribution in [0.25, 0.3) is 0 Å². The summed E-state index contributed by atoms with van der Waals surface area (Å²) in [5.74, 6) is 1.000. The molecule has 1 heterocycles. The molecule has 0 aromatic heterocycles. The monoisotopic (exact) mass is 302 g/mol. The van der Waals surface area contributed by atoms with Gasteiger partial charge in [-0.3, -0.25) is 4.79 Å². The van der Waals surface area contributed by atoms with Crippen molar-refractivity contribution in [2.75, 3.05) is 5.75 Å². The second kappa shape index (κ2) is 5.32. The molecular weight excluding hydrogens is 291 g/mol. The van der Waals surface area contributed by atoms with Gasteiger partial charge in [-0.2, -0.15) is 11.8 Å². The number of carbonyl (C=O) groups is 1. The fraction of sp³-hybridized carbons (Fsp3) is 0.417. The molecular formula is C12H12BrFOS. The quantitative estimate of drug-likeness (QED) is 0.849. The van der Waals surface area contributed by atoms with Crippen LogP contribution in [0, 0.1) is 5.82 Å². The summed E-state index contributed by atoms with van der Waals surface area (Å²) < 4.78 is 13.8. The van der Waals surface area contributed by atoms with Gasteiger partial charge in [-0.15, -0.1) is 0 Å². The van der Waals surface area contributed by atoms with Crippen molar-refractivity contribution < 1.29 is 9.18 Å². The Morgan fingerprint density at radius 2 is 2.31 bits per heavy atom. The van der Waals surface area contributed by atoms with Gasteiger partial charge in [0.25, 0.3) is 0 Å². The number of carbonyl (C=O) groups excluding carboxylic acids is 1. The first-order valence-corrected chi connectivity index (χ1v) is 7.08. The summed E-state index contributed by atoms with van der Waals surface area (Å²) in [5, 5.41) is 0.127. The number of benzene rings is 1. The normalized spacial score (nSPS) is 20.0. The van der Waals surface area contributed by atoms with Gasteiger partial charge >= 0.3 is 0 Å². The Bertz CT molecular complexity index is 382. The van der Waals surface area contributed by atoms with Gasteiger partial charge in [0.15, 0.2) is 0 Å². The highest BCUT2D eigenvalue weighted by molar-refractivity contribution is 9.10. The molecule has 1 aliphatic rings. The van der Waals surface area contributed by atoms with Crippen molar-refractivity contribution in [3.63, 3.8) is 0 Å². The van der Waals surface area contributed by atoms with Crippen LogP contribution in [0.2, 0.25) is 0 Å². The molecule has 1 unspecified atom stereocenters. The minimum atomic E-state index is -0.295. The van der Waals surface area contributed by atoms with Crippen molar-refractivity contribution in [1.29, 1.82) is 0 Å². The predicted octanol–water partition coefficient (Wildman–Crippen LogP) is 3.60. The van der Waals surface area contributed by atoms with E-state index in [1.807, 2.05) is 0 Å². The van der Waals surface area contributed by atoms with Crippen LogP contribution in [0.1, 0.15) is 18.4 Å². The lowest BCUT2D eigenvalue weighted by Crippen LogP contribution is -2.16. The third kappa shape index (κ3) is 3.08. The third-order valence-electron chi connectivity index (χ3n) is 2.59. The first-order valence-electron chi connectivity index (χ1n) is 5.24. The molecule has 0 spiro atoms. The van der Waals surface area contributed by atoms with Crippen LogP contribution < -0.4 is 0 Å². The minimum absolute atomic E-state index is 0.127. The molecule has 0 aliphatic carbocycles. The standard InChI is InChI=1S/C12H12BrFOS/c13-9-4-8(5-10(14)7-9)6-11(15)12-2-1-3-16-12/h4-5,7,12H,1-3,6H2. The van der Waals surface area contributed by atoms with Crippen LogP contribution in [0.4, 0.5) is 4.39 Å². The lowest BCUT2D eigenvalue weighted by molar-refractivity contribution is -0.117. The molecule has 0 bridgehead atoms. The van der Waals surface area contributed by atoms with E-state index < -0.39 is 0 Å². The van der Waals surface area contributed by atoms with Gasteiger partial charge in [-0.1, -0.05) is 15.9 Å². The summed E-state index contributed by atoms with van der Waals surface area (Å²) in [6, 6.07) is 4.64. The zero-order valence-corrected chi connectivity index (χ0v) is 11.1. The second-order valence-corrected chi connectivity index (χ2v) is 6.15. The number of hydrogen-bond donors (Lipinski definition) is 0. The molecule has 1 aromatic rings. The maximum Gasteiger partial charge on any atom is 0.150 e. The zero-order valence-electron chi connectivity index (χ0n) is 8.71. The number of rotatable bonds is 3. The van der Waals surface area contributed by atoms with Crippen LogP contribution in [0.5, 0.6) is 0 Å². The Morgan fingerprint density at radius 1 is 1.50 bits per heavy atom. The minimum Gasteiger partial charge on any atom is -0.298 e. The maximum absolute atomic E-state index is 13.1. The summed E-state index contributed by atoms with van der Waals surface area (Å²) in [4.78, 5) is 11.9. The highest BCUT2D eigenvalue weighted by atomic mass is 79.9. The molecule has 1 aliphatic heterocycles. The summed E-state index contributed by atoms with van der Waals surface area (Å²) in [5.41, 5.74) is 0.754. The number of ketones is 1. The van der Waals surface area contributed by atoms with E-state index in [9.17, 15) is 9.18 Å². The lowest BCUT2D eigenvalue weighted by atomic mass is 10.0. The summed E-state index contributed by atoms with van der Waals surface area (Å²) in [6.45, 7) is 0. The first-order chi connectivity index (χ1) is 7.65. The van der Waals surface area contributed by atoms with Gasteiger partial charge in [0.2, 0.25) is 0 Å². The van der Waals surface area contributed by atoms with E-state index >= 15 is 0 Å². The Morgan fingerprint density at radius 3 is 2.94 bits per heavy atom. The molecule has 1 saturated heterocycles. The Hall–Kier alpha value is -0.350. The molecule has 1 atom stereocenters. The van der Waals surface area contributed by atoms with E-state index in [2.05, 4.69) is 15.9 Å². The molecule has 0 N–H and O–H groups in total. The smallest absolute Gasteiger partial charge is 0.150 e. The molecule has 1 fully saturated rings. The van der Waals surface area contributed by atoms with Crippen molar-refractivity contribution in [3.05, 3.63) is 34.1 Å². The lowest BCUT2D eigenvalue weighted by Gasteiger charge is -2.07. The number of thioether (sulfide) groups is 1. The number of halogens is 2. The predicted molar refractivity (Wildman–Crippen MR) is 68.3 cm³/mol. The fourth-order valence-corrected chi connectivity index (χ4v) is 3.59. The first kappa shape index (κ1) is 12.1. The van der Waals surface area contributed by atoms with E-state index in [0.29, 0.717) is 10.9 Å². The van der Waals surface area contributed by atoms with E-state index in [0.717, 1.165) is 24.2 Å². The summed E-state index contributed by atoms with van der Waals surface area (Å²) in [7, 11) is 0. The molecule has 0 saturated carbocycles. The average Bonchev–Trinajstić information content (AvgIpc) is 2.68. The van der Waals surface area contributed by atoms with Gasteiger partial charge in [-0.25, -0.2) is 4.39 Å². The van der Waals surface area contributed by atoms with Gasteiger partial charge < -0.3 is 0 Å². The van der Waals surface area contributed by atoms with Crippen molar-refractivity contribution in [1.82, 2.24) is 0 Å². The average molecular weight is 303 g/mol. The van der Waals surface area contributed by atoms with Crippen molar-refractivity contribution in [2.24, 2.45) is 0 Å². The fourth-order valence-electron chi connectivity index (χ4n) is 1.86. The molecule has 0 amide bonds. The van der Waals surface area contributed by atoms with Crippen LogP contribution in [-0.2, 0) is 11.2 Å². The highest BCUT2D eigenvalue weighted by Gasteiger charge is 2.23. The molecule has 16 heavy (non-hydrogen) atoms. The van der Waals surface area contributed by atoms with Crippen LogP contribution in [0.15, 0.2) is 22.7 Å². The van der Waals surface area contributed by atoms with Crippen LogP contribution >= 0.6 is 27.7 Å². The molecule has 4 heteroatoms. The molecule has 86 valence electrons. The molecule has 1 aromatic carbocycles. The second-order valence-electron chi connectivity index (χ2n) is 3.92. The Balaban J connectivity index is 2.05. The van der Waals surface area contributed by atoms with Crippen molar-refractivity contribution >= 4 is 33.5 Å². The topological polar surface area (TPSA) is 17.1 Å². The van der Waals surface area contributed by atoms with Gasteiger partial charge in [0.05, 0.1) is 5.25 Å². The summed E-state index contributed by atoms with van der Waals surface area (Å²) in [6.07, 6.45) is 2.43. The van der Waals surface area contributed by atoms with E-state index in [1.54, 1.807) is 17.8 Å². The largest absolute Gasteiger partial charge is 0.298 e. The summed E-state index contributed by atoms with van der Waals surface area (Å²) >= 11 is 4.95. The van der Waals surface area contributed by atoms with Crippen molar-refractivity contribution in [2.45, 2.75) is 24.5 Å². The van der Waals surface area contributed by atoms with E-state index in [1.165, 1.54) is 12.1 Å². The zero-order chi connectivity index (χ0) is 11.5. The number of Topliss-reactive ketones (excluding diaryl/α,β-unsaturated/α-hetero) is 1. The van der Waals surface area contributed by atoms with Gasteiger partial charge in [0, 0.05) is 10.9 Å². The van der Waals surface area contributed by atoms with Crippen molar-refractivity contribution in [3.8, 4) is 0 Å². The van der Waals surface area contributed by atoms with Crippen LogP contribution in [-0.4, -0.2) is 16.8 Å². The Kier molecular flexibility index (Phi) is 4.03. The molecule has 1 nitrogen and oxygen atoms in total. The molecule has 2 rings (SSSR count).